The Kier molecular flexibility index (Phi) is 53.6. The molecule has 77 heavy (non-hydrogen) atoms. The number of carbonyl (C=O) groups excluding carboxylic acids is 2. The van der Waals surface area contributed by atoms with Gasteiger partial charge in [-0.05, 0) is 122 Å². The Morgan fingerprint density at radius 3 is 1.10 bits per heavy atom. The van der Waals surface area contributed by atoms with Crippen LogP contribution in [0.4, 0.5) is 0 Å². The molecule has 0 aliphatic rings. The van der Waals surface area contributed by atoms with Crippen LogP contribution in [0.15, 0.2) is 146 Å². The van der Waals surface area contributed by atoms with E-state index in [1.165, 1.54) is 32.1 Å². The van der Waals surface area contributed by atoms with Gasteiger partial charge in [-0.15, -0.1) is 0 Å². The fourth-order valence-electron chi connectivity index (χ4n) is 7.48. The first kappa shape index (κ1) is 72.9. The second-order valence-corrected chi connectivity index (χ2v) is 22.1. The molecule has 0 aliphatic heterocycles. The summed E-state index contributed by atoms with van der Waals surface area (Å²) in [5, 5.41) is 0. The Hall–Kier alpha value is -4.11. The van der Waals surface area contributed by atoms with E-state index < -0.39 is 32.5 Å². The molecule has 0 aromatic carbocycles. The summed E-state index contributed by atoms with van der Waals surface area (Å²) in [6, 6.07) is 0. The monoisotopic (exact) mass is 1090 g/mol. The normalized spacial score (nSPS) is 14.3. The predicted molar refractivity (Wildman–Crippen MR) is 330 cm³/mol. The molecule has 0 aromatic rings. The smallest absolute Gasteiger partial charge is 0.462 e. The van der Waals surface area contributed by atoms with Gasteiger partial charge in [0, 0.05) is 12.8 Å². The minimum Gasteiger partial charge on any atom is -0.462 e. The van der Waals surface area contributed by atoms with Crippen LogP contribution >= 0.6 is 7.82 Å². The Bertz CT molecular complexity index is 1810. The third-order valence-electron chi connectivity index (χ3n) is 12.1. The molecular formula is C67H111NO8P+. The summed E-state index contributed by atoms with van der Waals surface area (Å²) >= 11 is 0. The maximum atomic E-state index is 12.8. The highest BCUT2D eigenvalue weighted by Crippen LogP contribution is 2.43. The zero-order chi connectivity index (χ0) is 56.3. The summed E-state index contributed by atoms with van der Waals surface area (Å²) in [5.74, 6) is -0.841. The Balaban J connectivity index is 4.21. The topological polar surface area (TPSA) is 108 Å². The van der Waals surface area contributed by atoms with Crippen LogP contribution in [0, 0.1) is 0 Å². The molecule has 0 aromatic heterocycles. The van der Waals surface area contributed by atoms with Crippen LogP contribution in [0.5, 0.6) is 0 Å². The molecule has 0 heterocycles. The number of phosphoric acid groups is 1. The van der Waals surface area contributed by atoms with Gasteiger partial charge in [0.25, 0.3) is 0 Å². The van der Waals surface area contributed by atoms with E-state index >= 15 is 0 Å². The number of hydrogen-bond donors (Lipinski definition) is 1. The minimum atomic E-state index is -4.40. The first-order valence-corrected chi connectivity index (χ1v) is 31.6. The van der Waals surface area contributed by atoms with Gasteiger partial charge in [0.15, 0.2) is 6.10 Å². The molecule has 0 bridgehead atoms. The van der Waals surface area contributed by atoms with E-state index in [2.05, 4.69) is 160 Å². The van der Waals surface area contributed by atoms with E-state index in [1.54, 1.807) is 0 Å². The van der Waals surface area contributed by atoms with Crippen molar-refractivity contribution in [3.05, 3.63) is 146 Å². The lowest BCUT2D eigenvalue weighted by atomic mass is 10.1. The van der Waals surface area contributed by atoms with Crippen LogP contribution in [0.3, 0.4) is 0 Å². The number of carbonyl (C=O) groups is 2. The zero-order valence-corrected chi connectivity index (χ0v) is 50.3. The second-order valence-electron chi connectivity index (χ2n) is 20.6. The first-order chi connectivity index (χ1) is 37.5. The Morgan fingerprint density at radius 1 is 0.416 bits per heavy atom. The third kappa shape index (κ3) is 61.0. The van der Waals surface area contributed by atoms with Crippen molar-refractivity contribution in [3.8, 4) is 0 Å². The van der Waals surface area contributed by atoms with Crippen molar-refractivity contribution in [3.63, 3.8) is 0 Å². The summed E-state index contributed by atoms with van der Waals surface area (Å²) in [5.41, 5.74) is 0. The van der Waals surface area contributed by atoms with E-state index in [9.17, 15) is 19.0 Å². The van der Waals surface area contributed by atoms with Crippen molar-refractivity contribution in [2.24, 2.45) is 0 Å². The number of unbranched alkanes of at least 4 members (excludes halogenated alkanes) is 15. The molecule has 0 saturated carbocycles. The molecule has 0 aliphatic carbocycles. The highest BCUT2D eigenvalue weighted by atomic mass is 31.2. The minimum absolute atomic E-state index is 0.0183. The molecule has 0 radical (unpaired) electrons. The van der Waals surface area contributed by atoms with Crippen LogP contribution in [0.25, 0.3) is 0 Å². The molecule has 0 amide bonds. The van der Waals surface area contributed by atoms with Gasteiger partial charge in [-0.1, -0.05) is 224 Å². The van der Waals surface area contributed by atoms with E-state index in [0.717, 1.165) is 141 Å². The van der Waals surface area contributed by atoms with Crippen molar-refractivity contribution in [2.45, 2.75) is 219 Å². The van der Waals surface area contributed by atoms with Gasteiger partial charge in [0.1, 0.15) is 19.8 Å². The number of phosphoric ester groups is 1. The van der Waals surface area contributed by atoms with Crippen molar-refractivity contribution < 1.29 is 42.1 Å². The average molecular weight is 1090 g/mol. The Labute approximate surface area is 472 Å². The van der Waals surface area contributed by atoms with E-state index in [-0.39, 0.29) is 26.1 Å². The highest BCUT2D eigenvalue weighted by molar-refractivity contribution is 7.47. The molecule has 2 atom stereocenters. The van der Waals surface area contributed by atoms with E-state index in [0.29, 0.717) is 23.9 Å². The molecule has 0 spiro atoms. The van der Waals surface area contributed by atoms with Crippen molar-refractivity contribution in [1.82, 2.24) is 0 Å². The quantitative estimate of drug-likeness (QED) is 0.0211. The fourth-order valence-corrected chi connectivity index (χ4v) is 8.23. The maximum absolute atomic E-state index is 12.8. The lowest BCUT2D eigenvalue weighted by Crippen LogP contribution is -2.37. The lowest BCUT2D eigenvalue weighted by molar-refractivity contribution is -0.870. The number of hydrogen-bond acceptors (Lipinski definition) is 7. The van der Waals surface area contributed by atoms with Crippen LogP contribution in [-0.2, 0) is 32.7 Å². The largest absolute Gasteiger partial charge is 0.472 e. The van der Waals surface area contributed by atoms with Gasteiger partial charge < -0.3 is 18.9 Å². The molecule has 436 valence electrons. The highest BCUT2D eigenvalue weighted by Gasteiger charge is 2.27. The standard InChI is InChI=1S/C67H110NO8P/c1-6-8-10-12-14-16-18-20-22-24-25-26-27-28-29-30-31-32-33-34-35-36-37-38-39-40-41-42-43-44-46-48-50-52-54-56-58-60-67(70)76-65(64-75-77(71,72)74-62-61-68(3,4)5)63-73-66(69)59-57-55-53-51-49-47-45-23-21-19-17-15-13-11-9-7-2/h8,10,14,16-17,19-20,22-23,25-26,28-29,31-32,34-35,37-38,40-41,43-45,65H,6-7,9,11-13,15,18,21,24,27,30,33,36,39,42,46-64H2,1-5H3/p+1/b10-8-,16-14-,19-17-,22-20-,26-25-,29-28-,32-31-,35-34-,38-37-,41-40-,44-43-,45-23-. The number of quaternary nitrogens is 1. The molecule has 2 unspecified atom stereocenters. The molecular weight excluding hydrogens is 978 g/mol. The predicted octanol–water partition coefficient (Wildman–Crippen LogP) is 19.1. The second kappa shape index (κ2) is 56.6. The molecule has 1 N–H and O–H groups in total. The summed E-state index contributed by atoms with van der Waals surface area (Å²) in [6.45, 7) is 4.24. The van der Waals surface area contributed by atoms with Gasteiger partial charge in [0.05, 0.1) is 27.7 Å². The van der Waals surface area contributed by atoms with Crippen molar-refractivity contribution in [2.75, 3.05) is 47.5 Å². The lowest BCUT2D eigenvalue weighted by Gasteiger charge is -2.24. The number of ether oxygens (including phenoxy) is 2. The molecule has 0 saturated heterocycles. The zero-order valence-electron chi connectivity index (χ0n) is 49.4. The average Bonchev–Trinajstić information content (AvgIpc) is 3.39. The Morgan fingerprint density at radius 2 is 0.740 bits per heavy atom. The van der Waals surface area contributed by atoms with Crippen LogP contribution < -0.4 is 0 Å². The number of esters is 2. The SMILES string of the molecule is CC/C=C\C/C=C\C/C=C\C/C=C\C/C=C\C/C=C\C/C=C\C/C=C\C/C=C\C/C=C\CCCCCCCCC(=O)OC(COC(=O)CCCCCCC/C=C\C/C=C\CCCCCC)COP(=O)(O)OCC[N+](C)(C)C. The maximum Gasteiger partial charge on any atom is 0.472 e. The number of rotatable bonds is 53. The van der Waals surface area contributed by atoms with Gasteiger partial charge in [-0.25, -0.2) is 4.57 Å². The van der Waals surface area contributed by atoms with Crippen molar-refractivity contribution in [1.29, 1.82) is 0 Å². The van der Waals surface area contributed by atoms with Gasteiger partial charge in [-0.3, -0.25) is 18.6 Å². The van der Waals surface area contributed by atoms with Crippen molar-refractivity contribution >= 4 is 19.8 Å². The van der Waals surface area contributed by atoms with Crippen LogP contribution in [-0.4, -0.2) is 74.9 Å². The van der Waals surface area contributed by atoms with Gasteiger partial charge >= 0.3 is 19.8 Å². The number of nitrogens with zero attached hydrogens (tertiary/aromatic N) is 1. The number of likely N-dealkylation sites (N-methyl/N-ethyl adjacent to an activating group) is 1. The molecule has 10 heteroatoms. The molecule has 0 rings (SSSR count). The first-order valence-electron chi connectivity index (χ1n) is 30.1. The summed E-state index contributed by atoms with van der Waals surface area (Å²) in [7, 11) is 1.44. The molecule has 0 fully saturated rings. The van der Waals surface area contributed by atoms with Gasteiger partial charge in [-0.2, -0.15) is 0 Å². The third-order valence-corrected chi connectivity index (χ3v) is 13.1. The molecule has 9 nitrogen and oxygen atoms in total. The van der Waals surface area contributed by atoms with Gasteiger partial charge in [0.2, 0.25) is 0 Å². The fraction of sp³-hybridized carbons (Fsp3) is 0.612. The summed E-state index contributed by atoms with van der Waals surface area (Å²) in [4.78, 5) is 35.7. The summed E-state index contributed by atoms with van der Waals surface area (Å²) in [6.07, 6.45) is 83.5. The summed E-state index contributed by atoms with van der Waals surface area (Å²) < 4.78 is 34.5. The van der Waals surface area contributed by atoms with Crippen LogP contribution in [0.1, 0.15) is 213 Å². The number of allylic oxidation sites excluding steroid dienone is 24. The van der Waals surface area contributed by atoms with E-state index in [1.807, 2.05) is 21.1 Å². The van der Waals surface area contributed by atoms with Crippen LogP contribution in [0.2, 0.25) is 0 Å². The van der Waals surface area contributed by atoms with E-state index in [4.69, 9.17) is 18.5 Å².